The van der Waals surface area contributed by atoms with Crippen molar-refractivity contribution in [2.45, 2.75) is 42.2 Å². The minimum absolute atomic E-state index is 0.0436. The number of benzene rings is 3. The maximum atomic E-state index is 12.9. The molecule has 0 unspecified atom stereocenters. The summed E-state index contributed by atoms with van der Waals surface area (Å²) in [5.74, 6) is -2.12. The fourth-order valence-electron chi connectivity index (χ4n) is 3.91. The summed E-state index contributed by atoms with van der Waals surface area (Å²) < 4.78 is 64.7. The Kier molecular flexibility index (Phi) is 9.80. The molecule has 1 saturated carbocycles. The number of anilines is 1. The van der Waals surface area contributed by atoms with Crippen molar-refractivity contribution < 1.29 is 41.0 Å². The summed E-state index contributed by atoms with van der Waals surface area (Å²) in [5.41, 5.74) is 2.13. The molecule has 8 nitrogen and oxygen atoms in total. The van der Waals surface area contributed by atoms with Crippen LogP contribution in [0.3, 0.4) is 0 Å². The van der Waals surface area contributed by atoms with E-state index in [1.54, 1.807) is 24.3 Å². The SMILES string of the molecule is COc1ccc(S(=O)(=O)Nc2ccc(C3(C(=O)NCCCc4ccccc4)CC3)cc2)cc1.O=C(O)C(F)(F)F. The van der Waals surface area contributed by atoms with E-state index in [0.29, 0.717) is 18.0 Å². The number of amides is 1. The molecular formula is C28H29F3N2O6S. The number of alkyl halides is 3. The molecule has 0 aliphatic heterocycles. The number of sulfonamides is 1. The monoisotopic (exact) mass is 578 g/mol. The van der Waals surface area contributed by atoms with Gasteiger partial charge in [0.1, 0.15) is 5.75 Å². The minimum atomic E-state index is -5.08. The molecule has 1 amide bonds. The smallest absolute Gasteiger partial charge is 0.490 e. The molecule has 0 spiro atoms. The summed E-state index contributed by atoms with van der Waals surface area (Å²) in [7, 11) is -2.18. The molecule has 1 aliphatic rings. The number of carboxylic acids is 1. The number of aryl methyl sites for hydroxylation is 1. The van der Waals surface area contributed by atoms with Gasteiger partial charge < -0.3 is 15.2 Å². The van der Waals surface area contributed by atoms with Crippen LogP contribution in [0.1, 0.15) is 30.4 Å². The first kappa shape index (κ1) is 30.5. The number of methoxy groups -OCH3 is 1. The number of carbonyl (C=O) groups is 2. The summed E-state index contributed by atoms with van der Waals surface area (Å²) >= 11 is 0. The third-order valence-electron chi connectivity index (χ3n) is 6.26. The van der Waals surface area contributed by atoms with Gasteiger partial charge in [0.2, 0.25) is 5.91 Å². The topological polar surface area (TPSA) is 122 Å². The molecule has 3 aromatic carbocycles. The largest absolute Gasteiger partial charge is 0.497 e. The fourth-order valence-corrected chi connectivity index (χ4v) is 4.97. The molecule has 0 atom stereocenters. The molecule has 0 aromatic heterocycles. The van der Waals surface area contributed by atoms with Gasteiger partial charge in [0.15, 0.2) is 0 Å². The second-order valence-electron chi connectivity index (χ2n) is 9.09. The highest BCUT2D eigenvalue weighted by atomic mass is 32.2. The van der Waals surface area contributed by atoms with Crippen LogP contribution in [0.25, 0.3) is 0 Å². The van der Waals surface area contributed by atoms with Crippen molar-refractivity contribution in [3.8, 4) is 5.75 Å². The van der Waals surface area contributed by atoms with Crippen molar-refractivity contribution in [2.24, 2.45) is 0 Å². The van der Waals surface area contributed by atoms with Crippen molar-refractivity contribution in [3.05, 3.63) is 90.0 Å². The molecule has 0 saturated heterocycles. The van der Waals surface area contributed by atoms with Crippen LogP contribution in [0.5, 0.6) is 5.75 Å². The van der Waals surface area contributed by atoms with Gasteiger partial charge in [-0.1, -0.05) is 42.5 Å². The number of hydrogen-bond acceptors (Lipinski definition) is 5. The number of carbonyl (C=O) groups excluding carboxylic acids is 1. The molecule has 214 valence electrons. The first-order valence-electron chi connectivity index (χ1n) is 12.3. The molecule has 3 N–H and O–H groups in total. The van der Waals surface area contributed by atoms with E-state index >= 15 is 0 Å². The first-order valence-corrected chi connectivity index (χ1v) is 13.8. The Morgan fingerprint density at radius 3 is 2.02 bits per heavy atom. The van der Waals surface area contributed by atoms with Crippen molar-refractivity contribution >= 4 is 27.6 Å². The molecule has 0 radical (unpaired) electrons. The average Bonchev–Trinajstić information content (AvgIpc) is 3.74. The van der Waals surface area contributed by atoms with Crippen molar-refractivity contribution in [3.63, 3.8) is 0 Å². The molecule has 4 rings (SSSR count). The summed E-state index contributed by atoms with van der Waals surface area (Å²) in [6.45, 7) is 0.634. The first-order chi connectivity index (χ1) is 18.9. The molecule has 1 aliphatic carbocycles. The lowest BCUT2D eigenvalue weighted by molar-refractivity contribution is -0.192. The number of aliphatic carboxylic acids is 1. The molecule has 0 heterocycles. The molecular weight excluding hydrogens is 549 g/mol. The van der Waals surface area contributed by atoms with Crippen LogP contribution < -0.4 is 14.8 Å². The number of rotatable bonds is 10. The van der Waals surface area contributed by atoms with Gasteiger partial charge in [0.05, 0.1) is 17.4 Å². The van der Waals surface area contributed by atoms with Gasteiger partial charge in [-0.05, 0) is 73.2 Å². The third kappa shape index (κ3) is 8.22. The average molecular weight is 579 g/mol. The lowest BCUT2D eigenvalue weighted by Crippen LogP contribution is -2.35. The predicted octanol–water partition coefficient (Wildman–Crippen LogP) is 4.91. The Balaban J connectivity index is 0.000000559. The van der Waals surface area contributed by atoms with Gasteiger partial charge in [0, 0.05) is 12.2 Å². The number of nitrogens with one attached hydrogen (secondary N) is 2. The van der Waals surface area contributed by atoms with Crippen LogP contribution in [0.2, 0.25) is 0 Å². The van der Waals surface area contributed by atoms with Crippen molar-refractivity contribution in [1.29, 1.82) is 0 Å². The standard InChI is InChI=1S/C26H28N2O4S.C2HF3O2/c1-32-23-13-15-24(16-14-23)33(30,31)28-22-11-9-21(10-12-22)26(17-18-26)25(29)27-19-5-8-20-6-3-2-4-7-20;3-2(4,5)1(6)7/h2-4,6-7,9-16,28H,5,8,17-19H2,1H3,(H,27,29);(H,6,7). The number of hydrogen-bond donors (Lipinski definition) is 3. The summed E-state index contributed by atoms with van der Waals surface area (Å²) in [5, 5.41) is 10.2. The van der Waals surface area contributed by atoms with E-state index in [9.17, 15) is 26.4 Å². The van der Waals surface area contributed by atoms with Crippen molar-refractivity contribution in [1.82, 2.24) is 5.32 Å². The number of ether oxygens (including phenoxy) is 1. The molecule has 1 fully saturated rings. The van der Waals surface area contributed by atoms with Crippen LogP contribution >= 0.6 is 0 Å². The maximum Gasteiger partial charge on any atom is 0.490 e. The Hall–Kier alpha value is -4.06. The zero-order chi connectivity index (χ0) is 29.4. The van der Waals surface area contributed by atoms with Crippen LogP contribution in [0.4, 0.5) is 18.9 Å². The van der Waals surface area contributed by atoms with E-state index in [4.69, 9.17) is 14.6 Å². The van der Waals surface area contributed by atoms with E-state index in [1.807, 2.05) is 30.3 Å². The molecule has 0 bridgehead atoms. The van der Waals surface area contributed by atoms with Crippen LogP contribution in [0.15, 0.2) is 83.8 Å². The number of halogens is 3. The lowest BCUT2D eigenvalue weighted by Gasteiger charge is -2.17. The van der Waals surface area contributed by atoms with Crippen LogP contribution in [-0.4, -0.2) is 45.2 Å². The maximum absolute atomic E-state index is 12.9. The van der Waals surface area contributed by atoms with Gasteiger partial charge in [-0.25, -0.2) is 13.2 Å². The molecule has 12 heteroatoms. The van der Waals surface area contributed by atoms with E-state index in [0.717, 1.165) is 31.2 Å². The van der Waals surface area contributed by atoms with Gasteiger partial charge >= 0.3 is 12.1 Å². The third-order valence-corrected chi connectivity index (χ3v) is 7.65. The van der Waals surface area contributed by atoms with Gasteiger partial charge in [-0.3, -0.25) is 9.52 Å². The predicted molar refractivity (Wildman–Crippen MR) is 143 cm³/mol. The highest BCUT2D eigenvalue weighted by Gasteiger charge is 2.51. The highest BCUT2D eigenvalue weighted by molar-refractivity contribution is 7.92. The lowest BCUT2D eigenvalue weighted by atomic mass is 9.94. The summed E-state index contributed by atoms with van der Waals surface area (Å²) in [6.07, 6.45) is -1.67. The second-order valence-corrected chi connectivity index (χ2v) is 10.8. The summed E-state index contributed by atoms with van der Waals surface area (Å²) in [4.78, 5) is 21.9. The van der Waals surface area contributed by atoms with E-state index in [1.165, 1.54) is 24.8 Å². The molecule has 3 aromatic rings. The van der Waals surface area contributed by atoms with Crippen LogP contribution in [0, 0.1) is 0 Å². The van der Waals surface area contributed by atoms with Gasteiger partial charge in [0.25, 0.3) is 10.0 Å². The highest BCUT2D eigenvalue weighted by Crippen LogP contribution is 2.48. The Labute approximate surface area is 230 Å². The summed E-state index contributed by atoms with van der Waals surface area (Å²) in [6, 6.07) is 23.5. The Morgan fingerprint density at radius 1 is 0.950 bits per heavy atom. The zero-order valence-electron chi connectivity index (χ0n) is 21.6. The van der Waals surface area contributed by atoms with E-state index < -0.39 is 27.6 Å². The van der Waals surface area contributed by atoms with E-state index in [2.05, 4.69) is 22.2 Å². The second kappa shape index (κ2) is 12.9. The minimum Gasteiger partial charge on any atom is -0.497 e. The van der Waals surface area contributed by atoms with E-state index in [-0.39, 0.29) is 10.8 Å². The zero-order valence-corrected chi connectivity index (χ0v) is 22.4. The van der Waals surface area contributed by atoms with Crippen LogP contribution in [-0.2, 0) is 31.4 Å². The normalized spacial score (nSPS) is 13.8. The van der Waals surface area contributed by atoms with Gasteiger partial charge in [-0.2, -0.15) is 13.2 Å². The number of carboxylic acid groups (broad SMARTS) is 1. The molecule has 40 heavy (non-hydrogen) atoms. The quantitative estimate of drug-likeness (QED) is 0.294. The van der Waals surface area contributed by atoms with Gasteiger partial charge in [-0.15, -0.1) is 0 Å². The Bertz CT molecular complexity index is 1390. The fraction of sp³-hybridized carbons (Fsp3) is 0.286. The Morgan fingerprint density at radius 2 is 1.52 bits per heavy atom. The van der Waals surface area contributed by atoms with Crippen molar-refractivity contribution in [2.75, 3.05) is 18.4 Å².